The summed E-state index contributed by atoms with van der Waals surface area (Å²) in [5.74, 6) is -2.42. The number of nitrogens with one attached hydrogen (secondary N) is 3. The number of nitrogens with zero attached hydrogens (tertiary/aromatic N) is 2. The normalized spacial score (nSPS) is 14.6. The molecule has 1 aromatic heterocycles. The second-order valence-corrected chi connectivity index (χ2v) is 8.03. The summed E-state index contributed by atoms with van der Waals surface area (Å²) in [4.78, 5) is 43.8. The van der Waals surface area contributed by atoms with Crippen LogP contribution in [0.5, 0.6) is 5.75 Å². The van der Waals surface area contributed by atoms with E-state index in [1.807, 2.05) is 0 Å². The lowest BCUT2D eigenvalue weighted by Crippen LogP contribution is -2.33. The Balaban J connectivity index is 1.90. The first-order valence-corrected chi connectivity index (χ1v) is 11.1. The van der Waals surface area contributed by atoms with Crippen LogP contribution in [0, 0.1) is 11.3 Å². The number of oxazole rings is 1. The number of carbonyl (C=O) groups excluding carboxylic acids is 3. The molecule has 0 radical (unpaired) electrons. The van der Waals surface area contributed by atoms with Gasteiger partial charge in [0.15, 0.2) is 5.75 Å². The minimum absolute atomic E-state index is 0.0139. The number of benzene rings is 1. The van der Waals surface area contributed by atoms with Gasteiger partial charge in [0.2, 0.25) is 11.7 Å². The summed E-state index contributed by atoms with van der Waals surface area (Å²) >= 11 is 0. The van der Waals surface area contributed by atoms with Crippen LogP contribution < -0.4 is 26.8 Å². The van der Waals surface area contributed by atoms with Crippen molar-refractivity contribution in [1.82, 2.24) is 10.3 Å². The molecule has 196 valence electrons. The van der Waals surface area contributed by atoms with E-state index >= 15 is 0 Å². The van der Waals surface area contributed by atoms with Gasteiger partial charge in [-0.05, 0) is 25.0 Å². The molecule has 1 unspecified atom stereocenters. The Morgan fingerprint density at radius 2 is 2.08 bits per heavy atom. The Morgan fingerprint density at radius 1 is 1.35 bits per heavy atom. The molecule has 0 aliphatic heterocycles. The zero-order valence-corrected chi connectivity index (χ0v) is 19.9. The summed E-state index contributed by atoms with van der Waals surface area (Å²) in [6.45, 7) is -0.704. The summed E-state index contributed by atoms with van der Waals surface area (Å²) in [5, 5.41) is 31.6. The van der Waals surface area contributed by atoms with Gasteiger partial charge in [0.1, 0.15) is 11.5 Å². The van der Waals surface area contributed by atoms with Crippen LogP contribution in [0.4, 0.5) is 5.69 Å². The number of aliphatic hydroxyl groups excluding tert-OH is 2. The topological polar surface area (TPSA) is 239 Å². The van der Waals surface area contributed by atoms with E-state index in [4.69, 9.17) is 31.1 Å². The van der Waals surface area contributed by atoms with Crippen LogP contribution in [0.1, 0.15) is 23.4 Å². The molecule has 0 bridgehead atoms. The van der Waals surface area contributed by atoms with Crippen molar-refractivity contribution in [2.24, 2.45) is 22.4 Å². The summed E-state index contributed by atoms with van der Waals surface area (Å²) < 4.78 is 11.0. The summed E-state index contributed by atoms with van der Waals surface area (Å²) in [6, 6.07) is 4.77. The Labute approximate surface area is 210 Å². The first-order chi connectivity index (χ1) is 17.6. The highest BCUT2D eigenvalue weighted by Gasteiger charge is 2.29. The van der Waals surface area contributed by atoms with Crippen LogP contribution in [-0.4, -0.2) is 70.8 Å². The molecule has 1 aliphatic carbocycles. The average Bonchev–Trinajstić information content (AvgIpc) is 3.62. The fraction of sp³-hybridized carbons (Fsp3) is 0.304. The second-order valence-electron chi connectivity index (χ2n) is 8.03. The average molecular weight is 514 g/mol. The summed E-state index contributed by atoms with van der Waals surface area (Å²) in [7, 11) is 1.36. The highest BCUT2D eigenvalue weighted by molar-refractivity contribution is 6.44. The third-order valence-electron chi connectivity index (χ3n) is 5.13. The molecule has 1 aliphatic rings. The van der Waals surface area contributed by atoms with Crippen molar-refractivity contribution >= 4 is 35.0 Å². The lowest BCUT2D eigenvalue weighted by Gasteiger charge is -2.16. The number of aromatic nitrogens is 1. The highest BCUT2D eigenvalue weighted by Crippen LogP contribution is 2.37. The van der Waals surface area contributed by atoms with Crippen LogP contribution in [0.15, 0.2) is 45.6 Å². The van der Waals surface area contributed by atoms with Crippen molar-refractivity contribution in [1.29, 1.82) is 5.41 Å². The molecule has 3 rings (SSSR count). The molecular formula is C23H27N7O7. The first kappa shape index (κ1) is 27.0. The van der Waals surface area contributed by atoms with Gasteiger partial charge in [-0.15, -0.1) is 0 Å². The molecule has 1 aromatic carbocycles. The van der Waals surface area contributed by atoms with Crippen molar-refractivity contribution in [3.8, 4) is 17.2 Å². The van der Waals surface area contributed by atoms with E-state index in [1.165, 1.54) is 13.3 Å². The predicted octanol–water partition coefficient (Wildman–Crippen LogP) is -0.472. The number of carbonyl (C=O) groups is 3. The molecule has 1 atom stereocenters. The Morgan fingerprint density at radius 3 is 2.70 bits per heavy atom. The number of amidine groups is 1. The molecular weight excluding hydrogens is 486 g/mol. The van der Waals surface area contributed by atoms with Gasteiger partial charge in [-0.25, -0.2) is 4.98 Å². The van der Waals surface area contributed by atoms with Gasteiger partial charge < -0.3 is 41.5 Å². The van der Waals surface area contributed by atoms with E-state index in [9.17, 15) is 19.5 Å². The number of primary amides is 1. The van der Waals surface area contributed by atoms with Crippen molar-refractivity contribution in [3.05, 3.63) is 41.9 Å². The fourth-order valence-corrected chi connectivity index (χ4v) is 3.07. The number of amides is 3. The lowest BCUT2D eigenvalue weighted by atomic mass is 10.1. The maximum Gasteiger partial charge on any atom is 0.288 e. The largest absolute Gasteiger partial charge is 0.494 e. The van der Waals surface area contributed by atoms with Crippen molar-refractivity contribution in [2.45, 2.75) is 18.9 Å². The Bertz CT molecular complexity index is 1260. The van der Waals surface area contributed by atoms with Crippen LogP contribution in [0.2, 0.25) is 0 Å². The smallest absolute Gasteiger partial charge is 0.288 e. The summed E-state index contributed by atoms with van der Waals surface area (Å²) in [6.07, 6.45) is 2.67. The van der Waals surface area contributed by atoms with Crippen molar-refractivity contribution in [2.75, 3.05) is 25.6 Å². The Hall–Kier alpha value is -4.56. The molecule has 14 nitrogen and oxygen atoms in total. The molecule has 14 heteroatoms. The third-order valence-corrected chi connectivity index (χ3v) is 5.13. The van der Waals surface area contributed by atoms with Crippen molar-refractivity contribution in [3.63, 3.8) is 0 Å². The molecule has 1 saturated carbocycles. The lowest BCUT2D eigenvalue weighted by molar-refractivity contribution is -0.119. The van der Waals surface area contributed by atoms with E-state index < -0.39 is 30.2 Å². The van der Waals surface area contributed by atoms with Gasteiger partial charge in [0.05, 0.1) is 43.0 Å². The number of para-hydroxylation sites is 1. The van der Waals surface area contributed by atoms with E-state index in [-0.39, 0.29) is 53.0 Å². The number of anilines is 1. The molecule has 1 heterocycles. The van der Waals surface area contributed by atoms with Crippen LogP contribution in [-0.2, 0) is 9.59 Å². The molecule has 0 saturated heterocycles. The SMILES string of the molecule is COc1c(N/C(=C/C(N)=NC(=O)C2CC2)C(=N)C(N)=O)cccc1-c1ncc(C(=O)NCC(O)CO)o1. The fourth-order valence-electron chi connectivity index (χ4n) is 3.07. The predicted molar refractivity (Wildman–Crippen MR) is 132 cm³/mol. The highest BCUT2D eigenvalue weighted by atomic mass is 16.5. The molecule has 0 spiro atoms. The monoisotopic (exact) mass is 513 g/mol. The standard InChI is InChI=1S/C23H27N7O7/c1-36-19-13(23-28-9-16(37-23)22(35)27-8-12(32)10-31)3-2-4-14(19)29-15(18(25)20(26)33)7-17(24)30-21(34)11-5-6-11/h2-4,7,9,11-12,25,29,31-32H,5-6,8,10H2,1H3,(H2,26,33)(H,27,35)(H2,24,30,34)/b15-7+,25-18?. The number of rotatable bonds is 12. The van der Waals surface area contributed by atoms with E-state index in [1.54, 1.807) is 18.2 Å². The van der Waals surface area contributed by atoms with E-state index in [0.717, 1.165) is 18.9 Å². The van der Waals surface area contributed by atoms with Crippen LogP contribution in [0.3, 0.4) is 0 Å². The van der Waals surface area contributed by atoms with Gasteiger partial charge in [-0.2, -0.15) is 4.99 Å². The van der Waals surface area contributed by atoms with E-state index in [0.29, 0.717) is 5.56 Å². The number of aliphatic imine (C=N–C) groups is 1. The molecule has 2 aromatic rings. The van der Waals surface area contributed by atoms with Crippen LogP contribution in [0.25, 0.3) is 11.5 Å². The maximum absolute atomic E-state index is 12.2. The number of hydrogen-bond donors (Lipinski definition) is 7. The number of methoxy groups -OCH3 is 1. The van der Waals surface area contributed by atoms with Crippen LogP contribution >= 0.6 is 0 Å². The zero-order valence-electron chi connectivity index (χ0n) is 19.9. The van der Waals surface area contributed by atoms with Gasteiger partial charge in [-0.1, -0.05) is 6.07 Å². The van der Waals surface area contributed by atoms with Crippen molar-refractivity contribution < 1.29 is 33.8 Å². The maximum atomic E-state index is 12.2. The minimum Gasteiger partial charge on any atom is -0.494 e. The van der Waals surface area contributed by atoms with Gasteiger partial charge in [0.25, 0.3) is 17.7 Å². The zero-order chi connectivity index (χ0) is 27.1. The minimum atomic E-state index is -1.12. The molecule has 3 amide bonds. The molecule has 37 heavy (non-hydrogen) atoms. The van der Waals surface area contributed by atoms with Gasteiger partial charge >= 0.3 is 0 Å². The first-order valence-electron chi connectivity index (χ1n) is 11.1. The molecule has 1 fully saturated rings. The van der Waals surface area contributed by atoms with Gasteiger partial charge in [-0.3, -0.25) is 19.8 Å². The number of nitrogens with two attached hydrogens (primary N) is 2. The second kappa shape index (κ2) is 11.9. The number of ether oxygens (including phenoxy) is 1. The van der Waals surface area contributed by atoms with E-state index in [2.05, 4.69) is 20.6 Å². The quantitative estimate of drug-likeness (QED) is 0.142. The number of aliphatic hydroxyl groups is 2. The molecule has 9 N–H and O–H groups in total. The summed E-state index contributed by atoms with van der Waals surface area (Å²) in [5.41, 5.74) is 11.0. The Kier molecular flexibility index (Phi) is 8.71. The van der Waals surface area contributed by atoms with Gasteiger partial charge in [0, 0.05) is 18.5 Å². The number of hydrogen-bond acceptors (Lipinski definition) is 10. The third kappa shape index (κ3) is 6.99.